The van der Waals surface area contributed by atoms with Gasteiger partial charge in [0, 0.05) is 10.6 Å². The van der Waals surface area contributed by atoms with Crippen molar-refractivity contribution < 1.29 is 13.5 Å². The first kappa shape index (κ1) is 15.7. The van der Waals surface area contributed by atoms with Crippen molar-refractivity contribution in [3.8, 4) is 5.75 Å². The average molecular weight is 312 g/mol. The largest absolute Gasteiger partial charge is 0.434 e. The van der Waals surface area contributed by atoms with Crippen LogP contribution in [0.3, 0.4) is 0 Å². The maximum Gasteiger partial charge on any atom is 0.387 e. The molecule has 0 amide bonds. The van der Waals surface area contributed by atoms with E-state index in [4.69, 9.17) is 11.6 Å². The van der Waals surface area contributed by atoms with Crippen molar-refractivity contribution in [3.05, 3.63) is 64.7 Å². The molecule has 2 aromatic carbocycles. The lowest BCUT2D eigenvalue weighted by Crippen LogP contribution is -2.23. The number of para-hydroxylation sites is 1. The van der Waals surface area contributed by atoms with E-state index in [0.29, 0.717) is 17.1 Å². The summed E-state index contributed by atoms with van der Waals surface area (Å²) in [5.74, 6) is 0.151. The lowest BCUT2D eigenvalue weighted by atomic mass is 9.97. The first-order chi connectivity index (χ1) is 10.1. The zero-order chi connectivity index (χ0) is 15.2. The molecule has 0 aliphatic heterocycles. The molecule has 1 unspecified atom stereocenters. The highest BCUT2D eigenvalue weighted by Gasteiger charge is 2.20. The minimum atomic E-state index is -2.86. The van der Waals surface area contributed by atoms with Crippen LogP contribution in [0.2, 0.25) is 5.02 Å². The molecule has 0 heterocycles. The molecule has 0 spiro atoms. The van der Waals surface area contributed by atoms with Gasteiger partial charge in [-0.15, -0.1) is 0 Å². The lowest BCUT2D eigenvalue weighted by molar-refractivity contribution is -0.0506. The molecule has 0 aliphatic carbocycles. The Bertz CT molecular complexity index is 592. The predicted octanol–water partition coefficient (Wildman–Crippen LogP) is 4.64. The highest BCUT2D eigenvalue weighted by atomic mass is 35.5. The molecule has 0 radical (unpaired) electrons. The van der Waals surface area contributed by atoms with Gasteiger partial charge < -0.3 is 10.1 Å². The fourth-order valence-electron chi connectivity index (χ4n) is 2.22. The summed E-state index contributed by atoms with van der Waals surface area (Å²) in [6, 6.07) is 13.8. The molecule has 2 aromatic rings. The van der Waals surface area contributed by atoms with Crippen LogP contribution in [-0.4, -0.2) is 13.2 Å². The van der Waals surface area contributed by atoms with E-state index in [-0.39, 0.29) is 11.8 Å². The zero-order valence-corrected chi connectivity index (χ0v) is 12.3. The third kappa shape index (κ3) is 3.93. The highest BCUT2D eigenvalue weighted by Crippen LogP contribution is 2.34. The van der Waals surface area contributed by atoms with E-state index in [1.165, 1.54) is 6.07 Å². The van der Waals surface area contributed by atoms with Crippen LogP contribution < -0.4 is 10.1 Å². The van der Waals surface area contributed by atoms with E-state index in [9.17, 15) is 8.78 Å². The van der Waals surface area contributed by atoms with Gasteiger partial charge in [0.1, 0.15) is 5.75 Å². The van der Waals surface area contributed by atoms with Crippen molar-refractivity contribution in [2.24, 2.45) is 0 Å². The third-order valence-corrected chi connectivity index (χ3v) is 3.41. The molecule has 0 aromatic heterocycles. The molecule has 0 saturated carbocycles. The number of hydrogen-bond donors (Lipinski definition) is 1. The first-order valence-electron chi connectivity index (χ1n) is 6.65. The molecule has 0 aliphatic rings. The smallest absolute Gasteiger partial charge is 0.387 e. The van der Waals surface area contributed by atoms with Crippen LogP contribution in [0.1, 0.15) is 24.1 Å². The second-order valence-corrected chi connectivity index (χ2v) is 4.84. The molecular weight excluding hydrogens is 296 g/mol. The molecule has 112 valence electrons. The fourth-order valence-corrected chi connectivity index (χ4v) is 2.47. The summed E-state index contributed by atoms with van der Waals surface area (Å²) in [5, 5.41) is 3.84. The minimum Gasteiger partial charge on any atom is -0.434 e. The predicted molar refractivity (Wildman–Crippen MR) is 80.0 cm³/mol. The van der Waals surface area contributed by atoms with E-state index in [2.05, 4.69) is 10.1 Å². The van der Waals surface area contributed by atoms with Gasteiger partial charge in [0.15, 0.2) is 0 Å². The van der Waals surface area contributed by atoms with Crippen LogP contribution in [0.5, 0.6) is 5.75 Å². The maximum atomic E-state index is 12.6. The summed E-state index contributed by atoms with van der Waals surface area (Å²) in [7, 11) is 0. The number of alkyl halides is 2. The highest BCUT2D eigenvalue weighted by molar-refractivity contribution is 6.31. The number of nitrogens with one attached hydrogen (secondary N) is 1. The molecule has 2 rings (SSSR count). The number of halogens is 3. The summed E-state index contributed by atoms with van der Waals surface area (Å²) < 4.78 is 29.7. The Morgan fingerprint density at radius 3 is 2.29 bits per heavy atom. The first-order valence-corrected chi connectivity index (χ1v) is 7.02. The van der Waals surface area contributed by atoms with Crippen LogP contribution in [0.15, 0.2) is 48.5 Å². The van der Waals surface area contributed by atoms with Crippen LogP contribution in [0.4, 0.5) is 8.78 Å². The van der Waals surface area contributed by atoms with E-state index in [0.717, 1.165) is 5.56 Å². The summed E-state index contributed by atoms with van der Waals surface area (Å²) in [6.45, 7) is -0.251. The average Bonchev–Trinajstić information content (AvgIpc) is 2.46. The van der Waals surface area contributed by atoms with Gasteiger partial charge in [0.05, 0.1) is 6.04 Å². The van der Waals surface area contributed by atoms with E-state index in [1.54, 1.807) is 24.3 Å². The van der Waals surface area contributed by atoms with Gasteiger partial charge in [-0.25, -0.2) is 0 Å². The lowest BCUT2D eigenvalue weighted by Gasteiger charge is -2.22. The molecule has 2 nitrogen and oxygen atoms in total. The molecule has 5 heteroatoms. The second-order valence-electron chi connectivity index (χ2n) is 4.43. The minimum absolute atomic E-state index is 0.151. The number of hydrogen-bond acceptors (Lipinski definition) is 2. The van der Waals surface area contributed by atoms with Gasteiger partial charge in [-0.2, -0.15) is 8.78 Å². The van der Waals surface area contributed by atoms with Gasteiger partial charge >= 0.3 is 6.61 Å². The summed E-state index contributed by atoms with van der Waals surface area (Å²) in [4.78, 5) is 0. The summed E-state index contributed by atoms with van der Waals surface area (Å²) in [6.07, 6.45) is 0. The van der Waals surface area contributed by atoms with Crippen molar-refractivity contribution in [2.75, 3.05) is 6.54 Å². The SMILES string of the molecule is CCNC(c1ccccc1Cl)c1ccccc1OC(F)F. The van der Waals surface area contributed by atoms with Crippen LogP contribution in [0, 0.1) is 0 Å². The van der Waals surface area contributed by atoms with Gasteiger partial charge in [-0.05, 0) is 24.2 Å². The van der Waals surface area contributed by atoms with Crippen molar-refractivity contribution >= 4 is 11.6 Å². The Hall–Kier alpha value is -1.65. The second kappa shape index (κ2) is 7.38. The van der Waals surface area contributed by atoms with E-state index in [1.807, 2.05) is 25.1 Å². The van der Waals surface area contributed by atoms with Crippen molar-refractivity contribution in [1.82, 2.24) is 5.32 Å². The molecular formula is C16H16ClF2NO. The Labute approximate surface area is 127 Å². The number of benzene rings is 2. The normalized spacial score (nSPS) is 12.4. The fraction of sp³-hybridized carbons (Fsp3) is 0.250. The monoisotopic (exact) mass is 311 g/mol. The maximum absolute atomic E-state index is 12.6. The Morgan fingerprint density at radius 1 is 1.05 bits per heavy atom. The van der Waals surface area contributed by atoms with Crippen molar-refractivity contribution in [2.45, 2.75) is 19.6 Å². The quantitative estimate of drug-likeness (QED) is 0.839. The Kier molecular flexibility index (Phi) is 5.53. The van der Waals surface area contributed by atoms with Crippen molar-refractivity contribution in [3.63, 3.8) is 0 Å². The van der Waals surface area contributed by atoms with E-state index >= 15 is 0 Å². The van der Waals surface area contributed by atoms with Crippen molar-refractivity contribution in [1.29, 1.82) is 0 Å². The molecule has 0 saturated heterocycles. The summed E-state index contributed by atoms with van der Waals surface area (Å²) in [5.41, 5.74) is 1.46. The zero-order valence-electron chi connectivity index (χ0n) is 11.5. The third-order valence-electron chi connectivity index (χ3n) is 3.07. The Balaban J connectivity index is 2.46. The van der Waals surface area contributed by atoms with E-state index < -0.39 is 6.61 Å². The van der Waals surface area contributed by atoms with Crippen LogP contribution in [-0.2, 0) is 0 Å². The molecule has 1 N–H and O–H groups in total. The molecule has 21 heavy (non-hydrogen) atoms. The number of rotatable bonds is 6. The molecule has 0 fully saturated rings. The topological polar surface area (TPSA) is 21.3 Å². The van der Waals surface area contributed by atoms with Gasteiger partial charge in [0.25, 0.3) is 0 Å². The van der Waals surface area contributed by atoms with Gasteiger partial charge in [0.2, 0.25) is 0 Å². The summed E-state index contributed by atoms with van der Waals surface area (Å²) >= 11 is 6.23. The van der Waals surface area contributed by atoms with Gasteiger partial charge in [-0.3, -0.25) is 0 Å². The molecule has 1 atom stereocenters. The van der Waals surface area contributed by atoms with Crippen LogP contribution in [0.25, 0.3) is 0 Å². The Morgan fingerprint density at radius 2 is 1.67 bits per heavy atom. The standard InChI is InChI=1S/C16H16ClF2NO/c1-2-20-15(11-7-3-5-9-13(11)17)12-8-4-6-10-14(12)21-16(18)19/h3-10,15-16,20H,2H2,1H3. The molecule has 0 bridgehead atoms. The van der Waals surface area contributed by atoms with Gasteiger partial charge in [-0.1, -0.05) is 54.9 Å². The van der Waals surface area contributed by atoms with Crippen LogP contribution >= 0.6 is 11.6 Å². The number of ether oxygens (including phenoxy) is 1.